The van der Waals surface area contributed by atoms with Crippen LogP contribution in [0.3, 0.4) is 0 Å². The van der Waals surface area contributed by atoms with Crippen molar-refractivity contribution < 1.29 is 8.83 Å². The van der Waals surface area contributed by atoms with E-state index in [0.29, 0.717) is 11.1 Å². The quantitative estimate of drug-likeness (QED) is 0.183. The Morgan fingerprint density at radius 1 is 0.645 bits per heavy atom. The van der Waals surface area contributed by atoms with Crippen molar-refractivity contribution >= 4 is 58.2 Å². The number of allylic oxidation sites excluding steroid dienone is 4. The van der Waals surface area contributed by atoms with Crippen LogP contribution in [0, 0.1) is 10.8 Å². The smallest absolute Gasteiger partial charge is 0.134 e. The van der Waals surface area contributed by atoms with Gasteiger partial charge in [0.05, 0.1) is 0 Å². The molecule has 0 saturated heterocycles. The number of hydrogen-bond donors (Lipinski definition) is 4. The van der Waals surface area contributed by atoms with Crippen LogP contribution in [0.2, 0.25) is 0 Å². The number of nitrogens with two attached hydrogens (primary N) is 2. The van der Waals surface area contributed by atoms with E-state index in [1.165, 1.54) is 0 Å². The average Bonchev–Trinajstić information content (AvgIpc) is 3.32. The van der Waals surface area contributed by atoms with Crippen molar-refractivity contribution in [3.05, 3.63) is 95.5 Å². The summed E-state index contributed by atoms with van der Waals surface area (Å²) in [4.78, 5) is 0. The molecular weight excluding hydrogens is 412 g/mol. The predicted octanol–water partition coefficient (Wildman–Crippen LogP) is 5.45. The van der Waals surface area contributed by atoms with Crippen molar-refractivity contribution in [2.45, 2.75) is 0 Å². The molecule has 0 spiro atoms. The van der Waals surface area contributed by atoms with E-state index in [1.807, 2.05) is 72.9 Å². The molecule has 31 heavy (non-hydrogen) atoms. The van der Waals surface area contributed by atoms with Gasteiger partial charge in [-0.05, 0) is 60.7 Å². The molecule has 0 amide bonds. The number of nitrogen functional groups attached to an aromatic ring is 2. The lowest BCUT2D eigenvalue weighted by atomic mass is 10.1. The Bertz CT molecular complexity index is 1250. The Labute approximate surface area is 184 Å². The summed E-state index contributed by atoms with van der Waals surface area (Å²) in [5, 5.41) is 16.8. The van der Waals surface area contributed by atoms with Crippen molar-refractivity contribution in [3.63, 3.8) is 0 Å². The molecule has 0 aliphatic rings. The Kier molecular flexibility index (Phi) is 6.43. The largest absolute Gasteiger partial charge is 0.457 e. The van der Waals surface area contributed by atoms with Gasteiger partial charge >= 0.3 is 0 Å². The van der Waals surface area contributed by atoms with E-state index in [0.717, 1.165) is 33.5 Å². The lowest BCUT2D eigenvalue weighted by Gasteiger charge is -1.95. The summed E-state index contributed by atoms with van der Waals surface area (Å²) < 4.78 is 11.5. The van der Waals surface area contributed by atoms with Crippen LogP contribution in [-0.4, -0.2) is 11.7 Å². The number of rotatable bonds is 6. The number of hydrogen-bond acceptors (Lipinski definition) is 4. The van der Waals surface area contributed by atoms with Crippen molar-refractivity contribution in [3.8, 4) is 0 Å². The van der Waals surface area contributed by atoms with Crippen LogP contribution >= 0.6 is 12.4 Å². The highest BCUT2D eigenvalue weighted by molar-refractivity contribution is 5.99. The summed E-state index contributed by atoms with van der Waals surface area (Å²) in [7, 11) is 0. The van der Waals surface area contributed by atoms with E-state index in [-0.39, 0.29) is 24.1 Å². The molecule has 4 rings (SSSR count). The van der Waals surface area contributed by atoms with Gasteiger partial charge in [0.15, 0.2) is 0 Å². The van der Waals surface area contributed by atoms with E-state index in [4.69, 9.17) is 31.1 Å². The van der Waals surface area contributed by atoms with Crippen molar-refractivity contribution in [2.24, 2.45) is 11.5 Å². The number of halogens is 1. The molecule has 6 N–H and O–H groups in total. The van der Waals surface area contributed by atoms with Crippen LogP contribution in [0.25, 0.3) is 34.1 Å². The minimum Gasteiger partial charge on any atom is -0.457 e. The molecule has 0 fully saturated rings. The third-order valence-corrected chi connectivity index (χ3v) is 4.55. The number of furan rings is 2. The zero-order valence-electron chi connectivity index (χ0n) is 16.5. The molecule has 2 heterocycles. The van der Waals surface area contributed by atoms with Crippen LogP contribution in [-0.2, 0) is 0 Å². The fraction of sp³-hybridized carbons (Fsp3) is 0. The Balaban J connectivity index is 0.00000272. The lowest BCUT2D eigenvalue weighted by Crippen LogP contribution is -2.10. The molecular formula is C24H21ClN4O2. The van der Waals surface area contributed by atoms with Crippen LogP contribution in [0.5, 0.6) is 0 Å². The minimum atomic E-state index is 0. The van der Waals surface area contributed by atoms with Gasteiger partial charge in [-0.1, -0.05) is 24.3 Å². The molecule has 7 heteroatoms. The Morgan fingerprint density at radius 3 is 1.45 bits per heavy atom. The molecule has 0 bridgehead atoms. The third-order valence-electron chi connectivity index (χ3n) is 4.55. The average molecular weight is 433 g/mol. The molecule has 156 valence electrons. The molecule has 6 nitrogen and oxygen atoms in total. The summed E-state index contributed by atoms with van der Waals surface area (Å²) >= 11 is 0. The van der Waals surface area contributed by atoms with E-state index in [1.54, 1.807) is 12.1 Å². The van der Waals surface area contributed by atoms with E-state index in [2.05, 4.69) is 0 Å². The van der Waals surface area contributed by atoms with E-state index in [9.17, 15) is 0 Å². The normalized spacial score (nSPS) is 11.7. The summed E-state index contributed by atoms with van der Waals surface area (Å²) in [6, 6.07) is 14.7. The van der Waals surface area contributed by atoms with Gasteiger partial charge in [0.1, 0.15) is 34.4 Å². The molecule has 2 aromatic carbocycles. The monoisotopic (exact) mass is 432 g/mol. The summed E-state index contributed by atoms with van der Waals surface area (Å²) in [6.07, 6.45) is 11.3. The molecule has 0 aliphatic heterocycles. The highest BCUT2D eigenvalue weighted by Gasteiger charge is 2.05. The number of nitrogens with one attached hydrogen (secondary N) is 2. The second kappa shape index (κ2) is 9.19. The number of benzene rings is 2. The van der Waals surface area contributed by atoms with Gasteiger partial charge in [0.25, 0.3) is 0 Å². The highest BCUT2D eigenvalue weighted by Crippen LogP contribution is 2.22. The second-order valence-electron chi connectivity index (χ2n) is 6.73. The van der Waals surface area contributed by atoms with Crippen LogP contribution in [0.1, 0.15) is 22.6 Å². The molecule has 0 unspecified atom stereocenters. The zero-order valence-corrected chi connectivity index (χ0v) is 17.3. The summed E-state index contributed by atoms with van der Waals surface area (Å²) in [5.41, 5.74) is 13.9. The molecule has 0 atom stereocenters. The van der Waals surface area contributed by atoms with Gasteiger partial charge in [-0.2, -0.15) is 0 Å². The SMILES string of the molecule is Cl.N=C(N)c1ccc2oc(/C=C/C=C/C=C/c3cc4cc(C(=N)N)ccc4o3)cc2c1. The van der Waals surface area contributed by atoms with E-state index >= 15 is 0 Å². The third kappa shape index (κ3) is 4.94. The first-order valence-electron chi connectivity index (χ1n) is 9.27. The number of fused-ring (bicyclic) bond motifs is 2. The Hall–Kier alpha value is -4.03. The maximum atomic E-state index is 7.51. The molecule has 0 aliphatic carbocycles. The van der Waals surface area contributed by atoms with Crippen LogP contribution in [0.15, 0.2) is 81.7 Å². The number of amidine groups is 2. The highest BCUT2D eigenvalue weighted by atomic mass is 35.5. The molecule has 0 saturated carbocycles. The van der Waals surface area contributed by atoms with Crippen LogP contribution in [0.4, 0.5) is 0 Å². The maximum Gasteiger partial charge on any atom is 0.134 e. The van der Waals surface area contributed by atoms with Gasteiger partial charge in [0.2, 0.25) is 0 Å². The van der Waals surface area contributed by atoms with Gasteiger partial charge < -0.3 is 20.3 Å². The van der Waals surface area contributed by atoms with Crippen LogP contribution < -0.4 is 11.5 Å². The second-order valence-corrected chi connectivity index (χ2v) is 6.73. The van der Waals surface area contributed by atoms with Gasteiger partial charge in [-0.25, -0.2) is 0 Å². The standard InChI is InChI=1S/C24H20N4O2.ClH/c25-23(26)15-7-9-21-17(11-15)13-19(29-21)5-3-1-2-4-6-20-14-18-12-16(24(27)28)8-10-22(18)30-20;/h1-14H,(H3,25,26)(H3,27,28);1H/b2-1+,5-3+,6-4+;. The van der Waals surface area contributed by atoms with Crippen molar-refractivity contribution in [1.29, 1.82) is 10.8 Å². The fourth-order valence-electron chi connectivity index (χ4n) is 3.06. The topological polar surface area (TPSA) is 126 Å². The predicted molar refractivity (Wildman–Crippen MR) is 129 cm³/mol. The first-order chi connectivity index (χ1) is 14.5. The molecule has 2 aromatic heterocycles. The van der Waals surface area contributed by atoms with Crippen molar-refractivity contribution in [1.82, 2.24) is 0 Å². The molecule has 4 aromatic rings. The fourth-order valence-corrected chi connectivity index (χ4v) is 3.06. The van der Waals surface area contributed by atoms with Gasteiger partial charge in [0, 0.05) is 21.9 Å². The summed E-state index contributed by atoms with van der Waals surface area (Å²) in [6.45, 7) is 0. The maximum absolute atomic E-state index is 7.51. The van der Waals surface area contributed by atoms with Gasteiger partial charge in [-0.15, -0.1) is 12.4 Å². The first-order valence-corrected chi connectivity index (χ1v) is 9.27. The van der Waals surface area contributed by atoms with E-state index < -0.39 is 0 Å². The Morgan fingerprint density at radius 2 is 1.06 bits per heavy atom. The zero-order chi connectivity index (χ0) is 21.1. The molecule has 0 radical (unpaired) electrons. The summed E-state index contributed by atoms with van der Waals surface area (Å²) in [5.74, 6) is 1.51. The van der Waals surface area contributed by atoms with Gasteiger partial charge in [-0.3, -0.25) is 10.8 Å². The van der Waals surface area contributed by atoms with Crippen molar-refractivity contribution in [2.75, 3.05) is 0 Å². The lowest BCUT2D eigenvalue weighted by molar-refractivity contribution is 0.604. The minimum absolute atomic E-state index is 0. The first kappa shape index (κ1) is 21.7.